The molecule has 1 aliphatic carbocycles. The van der Waals surface area contributed by atoms with Gasteiger partial charge in [-0.15, -0.1) is 0 Å². The molecule has 4 aromatic carbocycles. The van der Waals surface area contributed by atoms with Crippen molar-refractivity contribution < 1.29 is 29.0 Å². The van der Waals surface area contributed by atoms with Crippen molar-refractivity contribution in [1.82, 2.24) is 30.0 Å². The second kappa shape index (κ2) is 20.1. The highest BCUT2D eigenvalue weighted by molar-refractivity contribution is 7.22. The van der Waals surface area contributed by atoms with Crippen LogP contribution < -0.4 is 25.2 Å². The van der Waals surface area contributed by atoms with Crippen molar-refractivity contribution in [3.63, 3.8) is 0 Å². The number of thiazole rings is 1. The van der Waals surface area contributed by atoms with Crippen molar-refractivity contribution in [2.75, 3.05) is 54.4 Å². The Labute approximate surface area is 422 Å². The molecule has 370 valence electrons. The van der Waals surface area contributed by atoms with Gasteiger partial charge in [-0.1, -0.05) is 53.8 Å². The number of anilines is 3. The summed E-state index contributed by atoms with van der Waals surface area (Å²) in [6.07, 6.45) is 8.36. The predicted octanol–water partition coefficient (Wildman–Crippen LogP) is 9.13. The lowest BCUT2D eigenvalue weighted by Crippen LogP contribution is -2.46. The Bertz CT molecular complexity index is 3190. The Kier molecular flexibility index (Phi) is 13.2. The minimum absolute atomic E-state index is 0.0143. The molecule has 7 aromatic rings. The normalized spacial score (nSPS) is 19.6. The number of rotatable bonds is 13. The second-order valence-corrected chi connectivity index (χ2v) is 20.9. The number of carbonyl (C=O) groups is 4. The Hall–Kier alpha value is -7.17. The second-order valence-electron chi connectivity index (χ2n) is 19.8. The lowest BCUT2D eigenvalue weighted by atomic mass is 9.84. The first-order valence-electron chi connectivity index (χ1n) is 25.3. The third-order valence-electron chi connectivity index (χ3n) is 15.3. The monoisotopic (exact) mass is 985 g/mol. The largest absolute Gasteiger partial charge is 0.490 e. The topological polar surface area (TPSA) is 175 Å². The van der Waals surface area contributed by atoms with Crippen LogP contribution in [0.3, 0.4) is 0 Å². The van der Waals surface area contributed by atoms with E-state index >= 15 is 0 Å². The smallest absolute Gasteiger partial charge is 0.355 e. The Morgan fingerprint density at radius 3 is 2.44 bits per heavy atom. The highest BCUT2D eigenvalue weighted by Crippen LogP contribution is 2.38. The number of imide groups is 1. The van der Waals surface area contributed by atoms with Crippen LogP contribution in [0.2, 0.25) is 0 Å². The first kappa shape index (κ1) is 47.2. The fraction of sp³-hybridized carbons (Fsp3) is 0.375. The maximum atomic E-state index is 13.6. The van der Waals surface area contributed by atoms with E-state index in [1.807, 2.05) is 102 Å². The quantitative estimate of drug-likeness (QED) is 0.0937. The first-order valence-corrected chi connectivity index (χ1v) is 26.2. The number of hydrogen-bond donors (Lipinski definition) is 3. The molecule has 1 saturated carbocycles. The lowest BCUT2D eigenvalue weighted by molar-refractivity contribution is -0.134. The van der Waals surface area contributed by atoms with Gasteiger partial charge in [-0.25, -0.2) is 14.8 Å². The number of carboxylic acids is 1. The van der Waals surface area contributed by atoms with Crippen LogP contribution in [-0.2, 0) is 29.6 Å². The summed E-state index contributed by atoms with van der Waals surface area (Å²) in [5.74, 6) is -0.176. The van der Waals surface area contributed by atoms with E-state index in [9.17, 15) is 24.3 Å². The number of hydrogen-bond acceptors (Lipinski definition) is 12. The van der Waals surface area contributed by atoms with E-state index in [2.05, 4.69) is 37.6 Å². The van der Waals surface area contributed by atoms with Crippen LogP contribution in [0.5, 0.6) is 5.75 Å². The molecule has 3 N–H and O–H groups in total. The van der Waals surface area contributed by atoms with Crippen LogP contribution >= 0.6 is 11.3 Å². The van der Waals surface area contributed by atoms with Crippen LogP contribution in [0.25, 0.3) is 32.2 Å². The number of aryl methyl sites for hydroxylation is 2. The predicted molar refractivity (Wildman–Crippen MR) is 280 cm³/mol. The Morgan fingerprint density at radius 2 is 1.65 bits per heavy atom. The highest BCUT2D eigenvalue weighted by Gasteiger charge is 2.33. The van der Waals surface area contributed by atoms with Gasteiger partial charge in [0.1, 0.15) is 11.6 Å². The van der Waals surface area contributed by atoms with Crippen LogP contribution in [-0.4, -0.2) is 98.8 Å². The van der Waals surface area contributed by atoms with Gasteiger partial charge in [0, 0.05) is 69.3 Å². The van der Waals surface area contributed by atoms with Crippen molar-refractivity contribution in [1.29, 1.82) is 0 Å². The van der Waals surface area contributed by atoms with E-state index in [4.69, 9.17) is 14.8 Å². The molecule has 4 aliphatic rings. The van der Waals surface area contributed by atoms with Crippen LogP contribution in [0.4, 0.5) is 16.6 Å². The van der Waals surface area contributed by atoms with Crippen molar-refractivity contribution >= 4 is 72.8 Å². The molecule has 0 bridgehead atoms. The molecule has 3 aliphatic heterocycles. The molecule has 3 aromatic heterocycles. The van der Waals surface area contributed by atoms with Crippen molar-refractivity contribution in [3.05, 3.63) is 125 Å². The van der Waals surface area contributed by atoms with Crippen LogP contribution in [0, 0.1) is 12.8 Å². The SMILES string of the molecule is Cc1cc(O[C@H]2CC[C@H](CCCN3CCN(c4cccc5c(C6CCC(=O)NC6=O)nn(C)c45)CC3)CC2)ccc1-c1ccc(N2CCc3cccc(C(=O)Nc4nc5ccccc5s4)c3C2)nc1C(=O)O. The molecule has 3 fully saturated rings. The maximum absolute atomic E-state index is 13.6. The fourth-order valence-electron chi connectivity index (χ4n) is 11.5. The molecule has 16 heteroatoms. The molecule has 2 saturated heterocycles. The minimum Gasteiger partial charge on any atom is -0.490 e. The summed E-state index contributed by atoms with van der Waals surface area (Å²) in [6, 6.07) is 29.5. The molecule has 15 nitrogen and oxygen atoms in total. The fourth-order valence-corrected chi connectivity index (χ4v) is 12.3. The highest BCUT2D eigenvalue weighted by atomic mass is 32.1. The van der Waals surface area contributed by atoms with Gasteiger partial charge >= 0.3 is 5.97 Å². The van der Waals surface area contributed by atoms with Gasteiger partial charge in [-0.2, -0.15) is 5.10 Å². The third kappa shape index (κ3) is 9.64. The number of nitrogens with zero attached hydrogens (tertiary/aromatic N) is 7. The number of piperidine rings is 1. The Morgan fingerprint density at radius 1 is 0.847 bits per heavy atom. The van der Waals surface area contributed by atoms with E-state index in [1.54, 1.807) is 0 Å². The molecular weight excluding hydrogens is 927 g/mol. The average molecular weight is 986 g/mol. The van der Waals surface area contributed by atoms with Crippen molar-refractivity contribution in [3.8, 4) is 16.9 Å². The average Bonchev–Trinajstić information content (AvgIpc) is 3.96. The minimum atomic E-state index is -1.10. The number of aromatic carboxylic acids is 1. The van der Waals surface area contributed by atoms with E-state index in [0.29, 0.717) is 60.3 Å². The number of fused-ring (bicyclic) bond motifs is 3. The molecular formula is C56H59N9O6S. The molecule has 3 amide bonds. The zero-order valence-corrected chi connectivity index (χ0v) is 41.5. The van der Waals surface area contributed by atoms with Gasteiger partial charge in [-0.3, -0.25) is 34.6 Å². The maximum Gasteiger partial charge on any atom is 0.355 e. The molecule has 1 unspecified atom stereocenters. The number of carbonyl (C=O) groups excluding carboxylic acids is 3. The summed E-state index contributed by atoms with van der Waals surface area (Å²) in [6.45, 7) is 7.99. The zero-order valence-electron chi connectivity index (χ0n) is 40.7. The summed E-state index contributed by atoms with van der Waals surface area (Å²) in [5, 5.41) is 22.3. The lowest BCUT2D eigenvalue weighted by Gasteiger charge is -2.37. The molecule has 1 atom stereocenters. The van der Waals surface area contributed by atoms with Gasteiger partial charge in [0.25, 0.3) is 5.91 Å². The van der Waals surface area contributed by atoms with Gasteiger partial charge in [0.15, 0.2) is 10.8 Å². The molecule has 72 heavy (non-hydrogen) atoms. The summed E-state index contributed by atoms with van der Waals surface area (Å²) < 4.78 is 9.45. The standard InChI is InChI=1S/C56H59N9O6S/c1-34-32-38(71-37-17-15-35(16-18-37)8-7-26-63-28-30-64(31-29-63)46-13-6-11-42-50(61-62(2)52(42)46)43-22-24-49(66)59-54(43)68)19-20-39(34)40-21-23-48(58-51(40)55(69)70)65-27-25-36-9-5-10-41(44(36)33-65)53(67)60-56-57-45-12-3-4-14-47(45)72-56/h3-6,9-14,19-21,23,32,35,37,43H,7-8,15-18,22,24-31,33H2,1-2H3,(H,69,70)(H,57,60,67)(H,59,66,68)/t35-,37-,43?. The van der Waals surface area contributed by atoms with E-state index < -0.39 is 11.9 Å². The summed E-state index contributed by atoms with van der Waals surface area (Å²) in [4.78, 5) is 67.3. The molecule has 6 heterocycles. The zero-order chi connectivity index (χ0) is 49.5. The molecule has 0 radical (unpaired) electrons. The number of aromatic nitrogens is 4. The number of piperazine rings is 1. The summed E-state index contributed by atoms with van der Waals surface area (Å²) in [5.41, 5.74) is 8.58. The number of benzene rings is 4. The number of amides is 3. The summed E-state index contributed by atoms with van der Waals surface area (Å²) >= 11 is 1.44. The van der Waals surface area contributed by atoms with Gasteiger partial charge < -0.3 is 19.6 Å². The number of ether oxygens (including phenoxy) is 1. The van der Waals surface area contributed by atoms with Crippen LogP contribution in [0.15, 0.2) is 91.0 Å². The van der Waals surface area contributed by atoms with Gasteiger partial charge in [0.2, 0.25) is 11.8 Å². The van der Waals surface area contributed by atoms with E-state index in [-0.39, 0.29) is 29.5 Å². The number of nitrogens with one attached hydrogen (secondary N) is 2. The van der Waals surface area contributed by atoms with Crippen LogP contribution in [0.1, 0.15) is 101 Å². The third-order valence-corrected chi connectivity index (χ3v) is 16.2. The van der Waals surface area contributed by atoms with Gasteiger partial charge in [-0.05, 0) is 142 Å². The first-order chi connectivity index (χ1) is 35.0. The molecule has 0 spiro atoms. The Balaban J connectivity index is 0.656. The van der Waals surface area contributed by atoms with Crippen molar-refractivity contribution in [2.45, 2.75) is 83.3 Å². The van der Waals surface area contributed by atoms with E-state index in [1.165, 1.54) is 24.2 Å². The van der Waals surface area contributed by atoms with Crippen molar-refractivity contribution in [2.24, 2.45) is 13.0 Å². The number of pyridine rings is 1. The summed E-state index contributed by atoms with van der Waals surface area (Å²) in [7, 11) is 1.94. The van der Waals surface area contributed by atoms with E-state index in [0.717, 1.165) is 119 Å². The van der Waals surface area contributed by atoms with Gasteiger partial charge in [0.05, 0.1) is 39.1 Å². The molecule has 11 rings (SSSR count). The number of carboxylic acid groups (broad SMARTS) is 1. The number of para-hydroxylation sites is 2.